The number of rotatable bonds is 7. The highest BCUT2D eigenvalue weighted by atomic mass is 16.2. The maximum absolute atomic E-state index is 12.7. The number of benzene rings is 1. The summed E-state index contributed by atoms with van der Waals surface area (Å²) in [6.45, 7) is 4.43. The van der Waals surface area contributed by atoms with Gasteiger partial charge >= 0.3 is 0 Å². The second-order valence-electron chi connectivity index (χ2n) is 7.86. The minimum Gasteiger partial charge on any atom is -0.348 e. The van der Waals surface area contributed by atoms with Crippen molar-refractivity contribution in [2.75, 3.05) is 19.6 Å². The molecule has 1 amide bonds. The first kappa shape index (κ1) is 19.6. The van der Waals surface area contributed by atoms with Gasteiger partial charge in [-0.25, -0.2) is 0 Å². The van der Waals surface area contributed by atoms with Crippen molar-refractivity contribution >= 4 is 11.6 Å². The quantitative estimate of drug-likeness (QED) is 0.669. The Kier molecular flexibility index (Phi) is 6.20. The van der Waals surface area contributed by atoms with Gasteiger partial charge in [0.2, 0.25) is 5.91 Å². The number of carbonyl (C=O) groups is 1. The summed E-state index contributed by atoms with van der Waals surface area (Å²) < 4.78 is 2.09. The molecule has 0 bridgehead atoms. The van der Waals surface area contributed by atoms with E-state index in [1.54, 1.807) is 0 Å². The summed E-state index contributed by atoms with van der Waals surface area (Å²) in [7, 11) is 0. The number of hydrogen-bond acceptors (Lipinski definition) is 4. The number of likely N-dealkylation sites (tertiary alicyclic amines) is 1. The molecule has 1 saturated heterocycles. The van der Waals surface area contributed by atoms with E-state index in [0.29, 0.717) is 12.5 Å². The predicted octanol–water partition coefficient (Wildman–Crippen LogP) is 3.57. The lowest BCUT2D eigenvalue weighted by molar-refractivity contribution is -0.123. The largest absolute Gasteiger partial charge is 0.348 e. The fourth-order valence-electron chi connectivity index (χ4n) is 4.23. The molecule has 3 heterocycles. The van der Waals surface area contributed by atoms with Crippen LogP contribution < -0.4 is 5.32 Å². The van der Waals surface area contributed by atoms with E-state index in [1.807, 2.05) is 42.6 Å². The fraction of sp³-hybridized carbons (Fsp3) is 0.435. The van der Waals surface area contributed by atoms with E-state index in [0.717, 1.165) is 50.2 Å². The third kappa shape index (κ3) is 4.65. The lowest BCUT2D eigenvalue weighted by atomic mass is 9.96. The van der Waals surface area contributed by atoms with Crippen molar-refractivity contribution in [1.29, 1.82) is 0 Å². The molecule has 0 saturated carbocycles. The van der Waals surface area contributed by atoms with Crippen molar-refractivity contribution in [3.05, 3.63) is 66.1 Å². The lowest BCUT2D eigenvalue weighted by Gasteiger charge is -2.31. The van der Waals surface area contributed by atoms with Crippen LogP contribution >= 0.6 is 0 Å². The Morgan fingerprint density at radius 3 is 2.62 bits per heavy atom. The first-order chi connectivity index (χ1) is 14.2. The van der Waals surface area contributed by atoms with Gasteiger partial charge in [0.15, 0.2) is 5.65 Å². The van der Waals surface area contributed by atoms with E-state index in [9.17, 15) is 4.79 Å². The Balaban J connectivity index is 1.31. The van der Waals surface area contributed by atoms with Crippen LogP contribution in [0.15, 0.2) is 54.7 Å². The first-order valence-electron chi connectivity index (χ1n) is 10.6. The molecule has 3 aromatic rings. The van der Waals surface area contributed by atoms with Crippen LogP contribution in [-0.4, -0.2) is 45.0 Å². The molecule has 4 rings (SSSR count). The van der Waals surface area contributed by atoms with Crippen molar-refractivity contribution in [3.63, 3.8) is 0 Å². The van der Waals surface area contributed by atoms with Gasteiger partial charge in [0.25, 0.3) is 0 Å². The monoisotopic (exact) mass is 391 g/mol. The predicted molar refractivity (Wildman–Crippen MR) is 114 cm³/mol. The molecule has 0 spiro atoms. The highest BCUT2D eigenvalue weighted by Gasteiger charge is 2.26. The maximum atomic E-state index is 12.7. The van der Waals surface area contributed by atoms with Crippen molar-refractivity contribution in [1.82, 2.24) is 24.8 Å². The van der Waals surface area contributed by atoms with Crippen molar-refractivity contribution in [2.45, 2.75) is 44.6 Å². The second-order valence-corrected chi connectivity index (χ2v) is 7.86. The molecule has 2 aromatic heterocycles. The third-order valence-corrected chi connectivity index (χ3v) is 5.77. The van der Waals surface area contributed by atoms with Crippen LogP contribution in [0.5, 0.6) is 0 Å². The number of pyridine rings is 1. The molecular formula is C23H29N5O. The number of aromatic nitrogens is 3. The highest BCUT2D eigenvalue weighted by molar-refractivity contribution is 5.78. The minimum atomic E-state index is 0.0913. The van der Waals surface area contributed by atoms with Gasteiger partial charge in [-0.15, -0.1) is 10.2 Å². The molecule has 1 N–H and O–H groups in total. The summed E-state index contributed by atoms with van der Waals surface area (Å²) in [5.74, 6) is 1.54. The Bertz CT molecular complexity index is 931. The number of hydrogen-bond donors (Lipinski definition) is 1. The van der Waals surface area contributed by atoms with Gasteiger partial charge in [-0.3, -0.25) is 14.1 Å². The van der Waals surface area contributed by atoms with Crippen LogP contribution in [0.4, 0.5) is 0 Å². The normalized spacial score (nSPS) is 16.7. The number of nitrogens with zero attached hydrogens (tertiary/aromatic N) is 4. The zero-order valence-corrected chi connectivity index (χ0v) is 17.0. The Labute approximate surface area is 171 Å². The molecule has 6 heteroatoms. The summed E-state index contributed by atoms with van der Waals surface area (Å²) in [6.07, 6.45) is 6.03. The molecular weight excluding hydrogens is 362 g/mol. The molecule has 1 fully saturated rings. The van der Waals surface area contributed by atoms with Gasteiger partial charge < -0.3 is 5.32 Å². The maximum Gasteiger partial charge on any atom is 0.234 e. The number of piperidine rings is 1. The summed E-state index contributed by atoms with van der Waals surface area (Å²) in [4.78, 5) is 14.9. The standard InChI is InChI=1S/C23H29N5O/c1-2-8-20(18-9-4-3-5-10-18)24-22(29)17-27-15-12-19(13-16-27)23-26-25-21-11-6-7-14-28(21)23/h3-7,9-11,14,19-20H,2,8,12-13,15-17H2,1H3,(H,24,29). The van der Waals surface area contributed by atoms with E-state index in [1.165, 1.54) is 5.56 Å². The SMILES string of the molecule is CCCC(NC(=O)CN1CCC(c2nnc3ccccn23)CC1)c1ccccc1. The summed E-state index contributed by atoms with van der Waals surface area (Å²) in [6, 6.07) is 16.3. The minimum absolute atomic E-state index is 0.0913. The van der Waals surface area contributed by atoms with Crippen LogP contribution in [-0.2, 0) is 4.79 Å². The molecule has 1 atom stereocenters. The highest BCUT2D eigenvalue weighted by Crippen LogP contribution is 2.27. The van der Waals surface area contributed by atoms with Crippen molar-refractivity contribution in [3.8, 4) is 0 Å². The van der Waals surface area contributed by atoms with Crippen LogP contribution in [0.25, 0.3) is 5.65 Å². The molecule has 1 aromatic carbocycles. The smallest absolute Gasteiger partial charge is 0.234 e. The van der Waals surface area contributed by atoms with Gasteiger partial charge in [-0.1, -0.05) is 49.7 Å². The van der Waals surface area contributed by atoms with Crippen LogP contribution in [0.3, 0.4) is 0 Å². The van der Waals surface area contributed by atoms with E-state index in [2.05, 4.69) is 43.9 Å². The zero-order valence-electron chi connectivity index (χ0n) is 17.0. The molecule has 0 aliphatic carbocycles. The number of carbonyl (C=O) groups excluding carboxylic acids is 1. The second kappa shape index (κ2) is 9.18. The van der Waals surface area contributed by atoms with Crippen molar-refractivity contribution in [2.24, 2.45) is 0 Å². The number of fused-ring (bicyclic) bond motifs is 1. The summed E-state index contributed by atoms with van der Waals surface area (Å²) >= 11 is 0. The average molecular weight is 392 g/mol. The molecule has 1 aliphatic rings. The topological polar surface area (TPSA) is 62.5 Å². The fourth-order valence-corrected chi connectivity index (χ4v) is 4.23. The zero-order chi connectivity index (χ0) is 20.1. The molecule has 1 aliphatic heterocycles. The Morgan fingerprint density at radius 1 is 1.10 bits per heavy atom. The van der Waals surface area contributed by atoms with Gasteiger partial charge in [-0.2, -0.15) is 0 Å². The third-order valence-electron chi connectivity index (χ3n) is 5.77. The van der Waals surface area contributed by atoms with Crippen LogP contribution in [0, 0.1) is 0 Å². The summed E-state index contributed by atoms with van der Waals surface area (Å²) in [5, 5.41) is 11.9. The molecule has 6 nitrogen and oxygen atoms in total. The molecule has 0 radical (unpaired) electrons. The van der Waals surface area contributed by atoms with E-state index < -0.39 is 0 Å². The van der Waals surface area contributed by atoms with Gasteiger partial charge in [-0.05, 0) is 50.0 Å². The molecule has 29 heavy (non-hydrogen) atoms. The van der Waals surface area contributed by atoms with Crippen LogP contribution in [0.1, 0.15) is 56.0 Å². The van der Waals surface area contributed by atoms with E-state index >= 15 is 0 Å². The van der Waals surface area contributed by atoms with Gasteiger partial charge in [0.1, 0.15) is 5.82 Å². The number of nitrogens with one attached hydrogen (secondary N) is 1. The molecule has 1 unspecified atom stereocenters. The first-order valence-corrected chi connectivity index (χ1v) is 10.6. The Hall–Kier alpha value is -2.73. The van der Waals surface area contributed by atoms with E-state index in [-0.39, 0.29) is 11.9 Å². The summed E-state index contributed by atoms with van der Waals surface area (Å²) in [5.41, 5.74) is 2.08. The lowest BCUT2D eigenvalue weighted by Crippen LogP contribution is -2.42. The van der Waals surface area contributed by atoms with Crippen molar-refractivity contribution < 1.29 is 4.79 Å². The molecule has 152 valence electrons. The average Bonchev–Trinajstić information content (AvgIpc) is 3.19. The van der Waals surface area contributed by atoms with Crippen LogP contribution in [0.2, 0.25) is 0 Å². The Morgan fingerprint density at radius 2 is 1.86 bits per heavy atom. The van der Waals surface area contributed by atoms with Gasteiger partial charge in [0, 0.05) is 12.1 Å². The number of amides is 1. The van der Waals surface area contributed by atoms with E-state index in [4.69, 9.17) is 0 Å². The van der Waals surface area contributed by atoms with Gasteiger partial charge in [0.05, 0.1) is 12.6 Å².